The number of rotatable bonds is 6. The average molecular weight is 247 g/mol. The lowest BCUT2D eigenvalue weighted by Gasteiger charge is -2.13. The molecule has 18 heavy (non-hydrogen) atoms. The highest BCUT2D eigenvalue weighted by atomic mass is 16.5. The van der Waals surface area contributed by atoms with Gasteiger partial charge in [0.2, 0.25) is 0 Å². The molecule has 1 unspecified atom stereocenters. The molecule has 4 heteroatoms. The van der Waals surface area contributed by atoms with Crippen LogP contribution in [-0.4, -0.2) is 20.0 Å². The monoisotopic (exact) mass is 247 g/mol. The second-order valence-electron chi connectivity index (χ2n) is 3.88. The number of nitrogens with zero attached hydrogens (tertiary/aromatic N) is 1. The first kappa shape index (κ1) is 14.0. The molecule has 0 bridgehead atoms. The zero-order chi connectivity index (χ0) is 13.5. The molecule has 0 fully saturated rings. The van der Waals surface area contributed by atoms with Crippen molar-refractivity contribution in [3.05, 3.63) is 23.8 Å². The molecule has 1 aromatic carbocycles. The number of para-hydroxylation sites is 1. The lowest BCUT2D eigenvalue weighted by atomic mass is 9.94. The van der Waals surface area contributed by atoms with Crippen molar-refractivity contribution < 1.29 is 14.3 Å². The minimum absolute atomic E-state index is 0.213. The van der Waals surface area contributed by atoms with Crippen molar-refractivity contribution in [1.82, 2.24) is 0 Å². The highest BCUT2D eigenvalue weighted by Gasteiger charge is 2.23. The Labute approximate surface area is 107 Å². The molecule has 0 N–H and O–H groups in total. The smallest absolute Gasteiger partial charge is 0.183 e. The number of nitriles is 1. The van der Waals surface area contributed by atoms with Gasteiger partial charge in [0.1, 0.15) is 5.92 Å². The summed E-state index contributed by atoms with van der Waals surface area (Å²) in [6.07, 6.45) is 1.34. The minimum atomic E-state index is -0.629. The molecule has 0 saturated heterocycles. The molecule has 0 saturated carbocycles. The summed E-state index contributed by atoms with van der Waals surface area (Å²) in [4.78, 5) is 12.3. The normalized spacial score (nSPS) is 11.4. The highest BCUT2D eigenvalue weighted by Crippen LogP contribution is 2.32. The fourth-order valence-electron chi connectivity index (χ4n) is 1.81. The van der Waals surface area contributed by atoms with Gasteiger partial charge < -0.3 is 9.47 Å². The number of methoxy groups -OCH3 is 2. The van der Waals surface area contributed by atoms with E-state index in [1.54, 1.807) is 18.2 Å². The van der Waals surface area contributed by atoms with Gasteiger partial charge >= 0.3 is 0 Å². The van der Waals surface area contributed by atoms with E-state index in [0.29, 0.717) is 23.5 Å². The number of hydrogen-bond donors (Lipinski definition) is 0. The number of benzene rings is 1. The molecule has 0 spiro atoms. The van der Waals surface area contributed by atoms with E-state index >= 15 is 0 Å². The molecule has 1 rings (SSSR count). The molecule has 0 radical (unpaired) electrons. The minimum Gasteiger partial charge on any atom is -0.493 e. The zero-order valence-corrected chi connectivity index (χ0v) is 10.9. The largest absolute Gasteiger partial charge is 0.493 e. The Balaban J connectivity index is 3.16. The number of hydrogen-bond acceptors (Lipinski definition) is 4. The van der Waals surface area contributed by atoms with Crippen LogP contribution in [0.1, 0.15) is 30.1 Å². The maximum Gasteiger partial charge on any atom is 0.183 e. The molecular formula is C14H17NO3. The molecule has 0 aliphatic carbocycles. The Morgan fingerprint density at radius 2 is 2.11 bits per heavy atom. The molecule has 0 aromatic heterocycles. The van der Waals surface area contributed by atoms with Crippen molar-refractivity contribution in [3.63, 3.8) is 0 Å². The summed E-state index contributed by atoms with van der Waals surface area (Å²) in [5.74, 6) is 0.0454. The maximum atomic E-state index is 12.3. The molecule has 1 aromatic rings. The Bertz CT molecular complexity index is 463. The summed E-state index contributed by atoms with van der Waals surface area (Å²) in [6, 6.07) is 7.14. The molecule has 0 amide bonds. The first-order valence-electron chi connectivity index (χ1n) is 5.84. The van der Waals surface area contributed by atoms with Gasteiger partial charge in [-0.3, -0.25) is 4.79 Å². The number of carbonyl (C=O) groups is 1. The molecule has 0 aliphatic rings. The van der Waals surface area contributed by atoms with Gasteiger partial charge in [-0.1, -0.05) is 19.4 Å². The van der Waals surface area contributed by atoms with Crippen LogP contribution in [0.3, 0.4) is 0 Å². The second-order valence-corrected chi connectivity index (χ2v) is 3.88. The van der Waals surface area contributed by atoms with Crippen molar-refractivity contribution in [1.29, 1.82) is 5.26 Å². The summed E-state index contributed by atoms with van der Waals surface area (Å²) in [5, 5.41) is 9.04. The average Bonchev–Trinajstić information content (AvgIpc) is 2.42. The fourth-order valence-corrected chi connectivity index (χ4v) is 1.81. The lowest BCUT2D eigenvalue weighted by molar-refractivity contribution is 0.0940. The van der Waals surface area contributed by atoms with Crippen molar-refractivity contribution in [2.24, 2.45) is 5.92 Å². The predicted molar refractivity (Wildman–Crippen MR) is 67.9 cm³/mol. The summed E-state index contributed by atoms with van der Waals surface area (Å²) in [5.41, 5.74) is 0.400. The molecule has 0 heterocycles. The Hall–Kier alpha value is -2.02. The third kappa shape index (κ3) is 2.80. The van der Waals surface area contributed by atoms with Crippen molar-refractivity contribution >= 4 is 5.78 Å². The summed E-state index contributed by atoms with van der Waals surface area (Å²) in [7, 11) is 3.00. The van der Waals surface area contributed by atoms with E-state index in [-0.39, 0.29) is 5.78 Å². The number of ether oxygens (including phenoxy) is 2. The number of Topliss-reactive ketones (excluding diaryl/α,β-unsaturated/α-hetero) is 1. The number of ketones is 1. The van der Waals surface area contributed by atoms with E-state index in [1.165, 1.54) is 14.2 Å². The highest BCUT2D eigenvalue weighted by molar-refractivity contribution is 6.02. The third-order valence-corrected chi connectivity index (χ3v) is 2.72. The summed E-state index contributed by atoms with van der Waals surface area (Å²) >= 11 is 0. The number of carbonyl (C=O) groups excluding carboxylic acids is 1. The fraction of sp³-hybridized carbons (Fsp3) is 0.429. The SMILES string of the molecule is CCCC(C#N)C(=O)c1cccc(OC)c1OC. The van der Waals surface area contributed by atoms with Gasteiger partial charge in [0, 0.05) is 0 Å². The zero-order valence-electron chi connectivity index (χ0n) is 10.9. The van der Waals surface area contributed by atoms with Crippen molar-refractivity contribution in [3.8, 4) is 17.6 Å². The van der Waals surface area contributed by atoms with Crippen molar-refractivity contribution in [2.75, 3.05) is 14.2 Å². The molecule has 4 nitrogen and oxygen atoms in total. The van der Waals surface area contributed by atoms with Crippen LogP contribution in [0, 0.1) is 17.2 Å². The Morgan fingerprint density at radius 3 is 2.61 bits per heavy atom. The van der Waals surface area contributed by atoms with Crippen LogP contribution in [0.4, 0.5) is 0 Å². The van der Waals surface area contributed by atoms with Crippen LogP contribution in [-0.2, 0) is 0 Å². The van der Waals surface area contributed by atoms with Crippen LogP contribution in [0.5, 0.6) is 11.5 Å². The van der Waals surface area contributed by atoms with E-state index in [9.17, 15) is 4.79 Å². The molecule has 1 atom stereocenters. The summed E-state index contributed by atoms with van der Waals surface area (Å²) in [6.45, 7) is 1.94. The van der Waals surface area contributed by atoms with E-state index in [4.69, 9.17) is 14.7 Å². The van der Waals surface area contributed by atoms with E-state index in [2.05, 4.69) is 0 Å². The standard InChI is InChI=1S/C14H17NO3/c1-4-6-10(9-15)13(16)11-7-5-8-12(17-2)14(11)18-3/h5,7-8,10H,4,6H2,1-3H3. The molecular weight excluding hydrogens is 230 g/mol. The maximum absolute atomic E-state index is 12.3. The van der Waals surface area contributed by atoms with Crippen LogP contribution < -0.4 is 9.47 Å². The van der Waals surface area contributed by atoms with E-state index in [1.807, 2.05) is 13.0 Å². The van der Waals surface area contributed by atoms with Gasteiger partial charge in [0.25, 0.3) is 0 Å². The van der Waals surface area contributed by atoms with Crippen LogP contribution in [0.25, 0.3) is 0 Å². The van der Waals surface area contributed by atoms with Gasteiger partial charge in [-0.15, -0.1) is 0 Å². The third-order valence-electron chi connectivity index (χ3n) is 2.72. The molecule has 0 aliphatic heterocycles. The van der Waals surface area contributed by atoms with Gasteiger partial charge in [0.15, 0.2) is 17.3 Å². The van der Waals surface area contributed by atoms with Crippen molar-refractivity contribution in [2.45, 2.75) is 19.8 Å². The Kier molecular flexibility index (Phi) is 5.19. The first-order chi connectivity index (χ1) is 8.69. The van der Waals surface area contributed by atoms with Gasteiger partial charge in [-0.2, -0.15) is 5.26 Å². The topological polar surface area (TPSA) is 59.3 Å². The van der Waals surface area contributed by atoms with Gasteiger partial charge in [-0.05, 0) is 18.6 Å². The Morgan fingerprint density at radius 1 is 1.39 bits per heavy atom. The van der Waals surface area contributed by atoms with E-state index < -0.39 is 5.92 Å². The van der Waals surface area contributed by atoms with Crippen LogP contribution in [0.15, 0.2) is 18.2 Å². The lowest BCUT2D eigenvalue weighted by Crippen LogP contribution is -2.14. The predicted octanol–water partition coefficient (Wildman–Crippen LogP) is 2.83. The van der Waals surface area contributed by atoms with Crippen LogP contribution in [0.2, 0.25) is 0 Å². The first-order valence-corrected chi connectivity index (χ1v) is 5.84. The second kappa shape index (κ2) is 6.65. The van der Waals surface area contributed by atoms with Gasteiger partial charge in [0.05, 0.1) is 25.9 Å². The summed E-state index contributed by atoms with van der Waals surface area (Å²) < 4.78 is 10.3. The van der Waals surface area contributed by atoms with E-state index in [0.717, 1.165) is 6.42 Å². The quantitative estimate of drug-likeness (QED) is 0.725. The van der Waals surface area contributed by atoms with Crippen LogP contribution >= 0.6 is 0 Å². The molecule has 96 valence electrons. The van der Waals surface area contributed by atoms with Gasteiger partial charge in [-0.25, -0.2) is 0 Å².